The van der Waals surface area contributed by atoms with Crippen LogP contribution >= 0.6 is 35.0 Å². The maximum Gasteiger partial charge on any atom is 0.169 e. The second-order valence-electron chi connectivity index (χ2n) is 5.08. The van der Waals surface area contributed by atoms with E-state index in [1.54, 1.807) is 12.3 Å². The van der Waals surface area contributed by atoms with Gasteiger partial charge in [0, 0.05) is 36.1 Å². The summed E-state index contributed by atoms with van der Waals surface area (Å²) in [4.78, 5) is 20.7. The number of aromatic nitrogens is 2. The molecule has 0 unspecified atom stereocenters. The Kier molecular flexibility index (Phi) is 6.27. The van der Waals surface area contributed by atoms with E-state index in [1.807, 2.05) is 20.1 Å². The van der Waals surface area contributed by atoms with Gasteiger partial charge in [-0.15, -0.1) is 11.8 Å². The fraction of sp³-hybridized carbons (Fsp3) is 0.312. The maximum absolute atomic E-state index is 12.5. The van der Waals surface area contributed by atoms with Crippen LogP contribution in [0.15, 0.2) is 29.7 Å². The van der Waals surface area contributed by atoms with Gasteiger partial charge in [0.1, 0.15) is 5.03 Å². The normalized spacial score (nSPS) is 10.9. The van der Waals surface area contributed by atoms with Gasteiger partial charge in [0.25, 0.3) is 0 Å². The standard InChI is InChI=1S/C16H16Cl2N2O2S/c1-9(2)22-15-4-10(6-20-16(15)23-3)14(21)5-11-12(17)7-19-8-13(11)18/h4,6-9H,5H2,1-3H3. The fourth-order valence-corrected chi connectivity index (χ4v) is 2.91. The van der Waals surface area contributed by atoms with E-state index in [1.165, 1.54) is 24.2 Å². The largest absolute Gasteiger partial charge is 0.488 e. The average molecular weight is 371 g/mol. The van der Waals surface area contributed by atoms with Gasteiger partial charge in [-0.25, -0.2) is 4.98 Å². The third-order valence-corrected chi connectivity index (χ3v) is 4.33. The van der Waals surface area contributed by atoms with E-state index in [9.17, 15) is 4.79 Å². The Labute approximate surface area is 149 Å². The summed E-state index contributed by atoms with van der Waals surface area (Å²) in [5.74, 6) is 0.471. The number of carbonyl (C=O) groups excluding carboxylic acids is 1. The first kappa shape index (κ1) is 18.0. The van der Waals surface area contributed by atoms with E-state index < -0.39 is 0 Å². The molecule has 0 N–H and O–H groups in total. The van der Waals surface area contributed by atoms with Crippen LogP contribution in [0, 0.1) is 0 Å². The van der Waals surface area contributed by atoms with Crippen molar-refractivity contribution in [2.75, 3.05) is 6.26 Å². The van der Waals surface area contributed by atoms with Crippen LogP contribution < -0.4 is 4.74 Å². The monoisotopic (exact) mass is 370 g/mol. The van der Waals surface area contributed by atoms with Gasteiger partial charge in [0.15, 0.2) is 11.5 Å². The summed E-state index contributed by atoms with van der Waals surface area (Å²) in [6, 6.07) is 1.71. The highest BCUT2D eigenvalue weighted by Gasteiger charge is 2.16. The van der Waals surface area contributed by atoms with Gasteiger partial charge in [-0.1, -0.05) is 23.2 Å². The molecule has 0 radical (unpaired) electrons. The minimum Gasteiger partial charge on any atom is -0.488 e. The third kappa shape index (κ3) is 4.59. The number of rotatable bonds is 6. The van der Waals surface area contributed by atoms with Crippen molar-refractivity contribution < 1.29 is 9.53 Å². The molecule has 2 aromatic rings. The lowest BCUT2D eigenvalue weighted by Crippen LogP contribution is -2.10. The van der Waals surface area contributed by atoms with Gasteiger partial charge < -0.3 is 4.74 Å². The number of thioether (sulfide) groups is 1. The molecule has 0 aliphatic rings. The summed E-state index contributed by atoms with van der Waals surface area (Å²) < 4.78 is 5.73. The van der Waals surface area contributed by atoms with Gasteiger partial charge in [0.2, 0.25) is 0 Å². The first-order chi connectivity index (χ1) is 10.9. The Bertz CT molecular complexity index is 703. The number of carbonyl (C=O) groups is 1. The van der Waals surface area contributed by atoms with Gasteiger partial charge in [0.05, 0.1) is 16.1 Å². The zero-order valence-electron chi connectivity index (χ0n) is 13.0. The zero-order valence-corrected chi connectivity index (χ0v) is 15.3. The second kappa shape index (κ2) is 7.99. The molecule has 23 heavy (non-hydrogen) atoms. The first-order valence-electron chi connectivity index (χ1n) is 6.94. The van der Waals surface area contributed by atoms with Gasteiger partial charge in [-0.3, -0.25) is 9.78 Å². The maximum atomic E-state index is 12.5. The van der Waals surface area contributed by atoms with Crippen LogP contribution in [-0.2, 0) is 6.42 Å². The van der Waals surface area contributed by atoms with Crippen molar-refractivity contribution in [3.05, 3.63) is 45.8 Å². The topological polar surface area (TPSA) is 52.1 Å². The molecule has 0 atom stereocenters. The molecule has 0 spiro atoms. The van der Waals surface area contributed by atoms with Crippen molar-refractivity contribution in [3.63, 3.8) is 0 Å². The molecule has 0 aliphatic heterocycles. The summed E-state index contributed by atoms with van der Waals surface area (Å²) in [7, 11) is 0. The van der Waals surface area contributed by atoms with Gasteiger partial charge >= 0.3 is 0 Å². The number of hydrogen-bond donors (Lipinski definition) is 0. The molecule has 0 aromatic carbocycles. The van der Waals surface area contributed by atoms with Crippen LogP contribution in [0.4, 0.5) is 0 Å². The van der Waals surface area contributed by atoms with E-state index in [4.69, 9.17) is 27.9 Å². The molecule has 4 nitrogen and oxygen atoms in total. The fourth-order valence-electron chi connectivity index (χ4n) is 1.95. The van der Waals surface area contributed by atoms with Crippen LogP contribution in [-0.4, -0.2) is 28.1 Å². The molecule has 122 valence electrons. The SMILES string of the molecule is CSc1ncc(C(=O)Cc2c(Cl)cncc2Cl)cc1OC(C)C. The Morgan fingerprint density at radius 2 is 1.91 bits per heavy atom. The van der Waals surface area contributed by atoms with E-state index in [0.29, 0.717) is 26.9 Å². The Hall–Kier alpha value is -1.30. The van der Waals surface area contributed by atoms with Crippen molar-refractivity contribution in [1.82, 2.24) is 9.97 Å². The quantitative estimate of drug-likeness (QED) is 0.543. The predicted octanol–water partition coefficient (Wildman–Crippen LogP) is 4.72. The number of Topliss-reactive ketones (excluding diaryl/α,β-unsaturated/α-hetero) is 1. The molecule has 0 fully saturated rings. The molecular weight excluding hydrogens is 355 g/mol. The molecule has 0 amide bonds. The van der Waals surface area contributed by atoms with Crippen molar-refractivity contribution >= 4 is 40.7 Å². The molecule has 0 saturated heterocycles. The molecule has 0 aliphatic carbocycles. The lowest BCUT2D eigenvalue weighted by Gasteiger charge is -2.13. The van der Waals surface area contributed by atoms with Gasteiger partial charge in [-0.2, -0.15) is 0 Å². The Balaban J connectivity index is 2.29. The molecule has 7 heteroatoms. The van der Waals surface area contributed by atoms with E-state index >= 15 is 0 Å². The molecular formula is C16H16Cl2N2O2S. The number of ketones is 1. The zero-order chi connectivity index (χ0) is 17.0. The highest BCUT2D eigenvalue weighted by molar-refractivity contribution is 7.98. The molecule has 2 heterocycles. The van der Waals surface area contributed by atoms with Crippen LogP contribution in [0.5, 0.6) is 5.75 Å². The van der Waals surface area contributed by atoms with Crippen LogP contribution in [0.2, 0.25) is 10.0 Å². The summed E-state index contributed by atoms with van der Waals surface area (Å²) >= 11 is 13.6. The smallest absolute Gasteiger partial charge is 0.169 e. The van der Waals surface area contributed by atoms with Crippen molar-refractivity contribution in [2.24, 2.45) is 0 Å². The predicted molar refractivity (Wildman–Crippen MR) is 94.1 cm³/mol. The van der Waals surface area contributed by atoms with E-state index in [0.717, 1.165) is 5.03 Å². The summed E-state index contributed by atoms with van der Waals surface area (Å²) in [6.45, 7) is 3.85. The molecule has 2 aromatic heterocycles. The molecule has 2 rings (SSSR count). The van der Waals surface area contributed by atoms with Gasteiger partial charge in [-0.05, 0) is 26.2 Å². The van der Waals surface area contributed by atoms with Crippen LogP contribution in [0.25, 0.3) is 0 Å². The Morgan fingerprint density at radius 3 is 2.48 bits per heavy atom. The molecule has 0 bridgehead atoms. The molecule has 0 saturated carbocycles. The number of ether oxygens (including phenoxy) is 1. The lowest BCUT2D eigenvalue weighted by atomic mass is 10.1. The van der Waals surface area contributed by atoms with E-state index in [-0.39, 0.29) is 18.3 Å². The van der Waals surface area contributed by atoms with Crippen molar-refractivity contribution in [3.8, 4) is 5.75 Å². The Morgan fingerprint density at radius 1 is 1.26 bits per heavy atom. The highest BCUT2D eigenvalue weighted by Crippen LogP contribution is 2.29. The van der Waals surface area contributed by atoms with Crippen LogP contribution in [0.1, 0.15) is 29.8 Å². The number of hydrogen-bond acceptors (Lipinski definition) is 5. The average Bonchev–Trinajstić information content (AvgIpc) is 2.50. The summed E-state index contributed by atoms with van der Waals surface area (Å²) in [5.41, 5.74) is 1.02. The minimum atomic E-state index is -0.131. The minimum absolute atomic E-state index is 0.00265. The highest BCUT2D eigenvalue weighted by atomic mass is 35.5. The summed E-state index contributed by atoms with van der Waals surface area (Å²) in [6.07, 6.45) is 6.48. The summed E-state index contributed by atoms with van der Waals surface area (Å²) in [5, 5.41) is 1.49. The first-order valence-corrected chi connectivity index (χ1v) is 8.92. The van der Waals surface area contributed by atoms with Crippen LogP contribution in [0.3, 0.4) is 0 Å². The number of halogens is 2. The lowest BCUT2D eigenvalue weighted by molar-refractivity contribution is 0.0991. The third-order valence-electron chi connectivity index (χ3n) is 2.99. The second-order valence-corrected chi connectivity index (χ2v) is 6.69. The van der Waals surface area contributed by atoms with Crippen molar-refractivity contribution in [1.29, 1.82) is 0 Å². The number of pyridine rings is 2. The van der Waals surface area contributed by atoms with E-state index in [2.05, 4.69) is 9.97 Å². The van der Waals surface area contributed by atoms with Crippen molar-refractivity contribution in [2.45, 2.75) is 31.4 Å². The number of nitrogens with zero attached hydrogens (tertiary/aromatic N) is 2.